The van der Waals surface area contributed by atoms with Crippen LogP contribution in [-0.2, 0) is 15.0 Å². The molecular formula is C8H18N2O4S. The Morgan fingerprint density at radius 2 is 1.67 bits per heavy atom. The van der Waals surface area contributed by atoms with E-state index in [-0.39, 0.29) is 0 Å². The zero-order chi connectivity index (χ0) is 12.4. The third kappa shape index (κ3) is 3.77. The average Bonchev–Trinajstić information content (AvgIpc) is 1.97. The van der Waals surface area contributed by atoms with Crippen LogP contribution in [0.1, 0.15) is 20.8 Å². The van der Waals surface area contributed by atoms with Crippen LogP contribution in [-0.4, -0.2) is 54.3 Å². The van der Waals surface area contributed by atoms with Gasteiger partial charge < -0.3 is 5.11 Å². The van der Waals surface area contributed by atoms with Crippen LogP contribution in [0.3, 0.4) is 0 Å². The predicted molar refractivity (Wildman–Crippen MR) is 56.7 cm³/mol. The Morgan fingerprint density at radius 1 is 1.27 bits per heavy atom. The number of rotatable bonds is 4. The summed E-state index contributed by atoms with van der Waals surface area (Å²) in [5.74, 6) is -1.17. The first-order valence-electron chi connectivity index (χ1n) is 4.41. The third-order valence-electron chi connectivity index (χ3n) is 1.77. The molecule has 6 nitrogen and oxygen atoms in total. The molecule has 0 fully saturated rings. The highest BCUT2D eigenvalue weighted by Crippen LogP contribution is 2.18. The van der Waals surface area contributed by atoms with Crippen LogP contribution in [0, 0.1) is 0 Å². The average molecular weight is 238 g/mol. The fraction of sp³-hybridized carbons (Fsp3) is 0.875. The van der Waals surface area contributed by atoms with E-state index in [1.54, 1.807) is 20.8 Å². The molecule has 0 aromatic heterocycles. The smallest absolute Gasteiger partial charge is 0.318 e. The molecule has 0 heterocycles. The van der Waals surface area contributed by atoms with Gasteiger partial charge in [0.15, 0.2) is 0 Å². The van der Waals surface area contributed by atoms with Crippen molar-refractivity contribution < 1.29 is 18.3 Å². The zero-order valence-corrected chi connectivity index (χ0v) is 10.5. The topological polar surface area (TPSA) is 77.9 Å². The SMILES string of the molecule is CN(C)S(=O)(=O)N(CC(=O)O)C(C)(C)C. The van der Waals surface area contributed by atoms with Crippen LogP contribution in [0.25, 0.3) is 0 Å². The van der Waals surface area contributed by atoms with Crippen LogP contribution >= 0.6 is 0 Å². The largest absolute Gasteiger partial charge is 0.480 e. The monoisotopic (exact) mass is 238 g/mol. The van der Waals surface area contributed by atoms with E-state index in [4.69, 9.17) is 5.11 Å². The third-order valence-corrected chi connectivity index (χ3v) is 3.92. The summed E-state index contributed by atoms with van der Waals surface area (Å²) in [6.45, 7) is 4.41. The molecule has 0 aliphatic rings. The van der Waals surface area contributed by atoms with Crippen LogP contribution in [0.5, 0.6) is 0 Å². The van der Waals surface area contributed by atoms with Crippen molar-refractivity contribution in [2.45, 2.75) is 26.3 Å². The second-order valence-corrected chi connectivity index (χ2v) is 6.43. The van der Waals surface area contributed by atoms with Gasteiger partial charge in [-0.2, -0.15) is 17.0 Å². The second-order valence-electron chi connectivity index (χ2n) is 4.36. The number of hydrogen-bond donors (Lipinski definition) is 1. The van der Waals surface area contributed by atoms with Gasteiger partial charge in [0.1, 0.15) is 6.54 Å². The second kappa shape index (κ2) is 4.46. The van der Waals surface area contributed by atoms with Gasteiger partial charge >= 0.3 is 5.97 Å². The molecule has 0 spiro atoms. The molecule has 0 atom stereocenters. The highest BCUT2D eigenvalue weighted by Gasteiger charge is 2.35. The minimum atomic E-state index is -3.71. The number of hydrogen-bond acceptors (Lipinski definition) is 3. The lowest BCUT2D eigenvalue weighted by Gasteiger charge is -2.34. The summed E-state index contributed by atoms with van der Waals surface area (Å²) in [6.07, 6.45) is 0. The van der Waals surface area contributed by atoms with Crippen LogP contribution in [0.4, 0.5) is 0 Å². The van der Waals surface area contributed by atoms with Gasteiger partial charge in [-0.1, -0.05) is 0 Å². The van der Waals surface area contributed by atoms with Gasteiger partial charge in [-0.05, 0) is 20.8 Å². The Kier molecular flexibility index (Phi) is 4.26. The molecule has 0 radical (unpaired) electrons. The minimum absolute atomic E-state index is 0.538. The van der Waals surface area contributed by atoms with E-state index >= 15 is 0 Å². The summed E-state index contributed by atoms with van der Waals surface area (Å²) in [7, 11) is -0.964. The van der Waals surface area contributed by atoms with Crippen molar-refractivity contribution >= 4 is 16.2 Å². The van der Waals surface area contributed by atoms with Crippen molar-refractivity contribution in [1.29, 1.82) is 0 Å². The van der Waals surface area contributed by atoms with E-state index in [9.17, 15) is 13.2 Å². The lowest BCUT2D eigenvalue weighted by atomic mass is 10.1. The van der Waals surface area contributed by atoms with Crippen molar-refractivity contribution in [2.75, 3.05) is 20.6 Å². The van der Waals surface area contributed by atoms with Crippen molar-refractivity contribution in [1.82, 2.24) is 8.61 Å². The molecule has 0 rings (SSSR count). The lowest BCUT2D eigenvalue weighted by Crippen LogP contribution is -2.52. The predicted octanol–water partition coefficient (Wildman–Crippen LogP) is -0.0221. The minimum Gasteiger partial charge on any atom is -0.480 e. The van der Waals surface area contributed by atoms with Gasteiger partial charge in [0.25, 0.3) is 10.2 Å². The van der Waals surface area contributed by atoms with Crippen LogP contribution < -0.4 is 0 Å². The first-order chi connectivity index (χ1) is 6.49. The molecule has 0 bridgehead atoms. The molecule has 1 N–H and O–H groups in total. The Morgan fingerprint density at radius 3 is 1.87 bits per heavy atom. The van der Waals surface area contributed by atoms with Gasteiger partial charge in [0.05, 0.1) is 0 Å². The van der Waals surface area contributed by atoms with Crippen molar-refractivity contribution in [3.8, 4) is 0 Å². The summed E-state index contributed by atoms with van der Waals surface area (Å²) < 4.78 is 25.6. The fourth-order valence-corrected chi connectivity index (χ4v) is 2.34. The molecule has 7 heteroatoms. The van der Waals surface area contributed by atoms with Gasteiger partial charge in [-0.3, -0.25) is 4.79 Å². The van der Waals surface area contributed by atoms with E-state index < -0.39 is 28.3 Å². The van der Waals surface area contributed by atoms with E-state index in [0.717, 1.165) is 8.61 Å². The maximum absolute atomic E-state index is 11.8. The molecule has 90 valence electrons. The van der Waals surface area contributed by atoms with Crippen molar-refractivity contribution in [3.63, 3.8) is 0 Å². The maximum atomic E-state index is 11.8. The lowest BCUT2D eigenvalue weighted by molar-refractivity contribution is -0.138. The van der Waals surface area contributed by atoms with Crippen molar-refractivity contribution in [3.05, 3.63) is 0 Å². The summed E-state index contributed by atoms with van der Waals surface area (Å²) >= 11 is 0. The van der Waals surface area contributed by atoms with Gasteiger partial charge in [-0.25, -0.2) is 0 Å². The molecule has 0 saturated carbocycles. The summed E-state index contributed by atoms with van der Waals surface area (Å²) in [4.78, 5) is 10.6. The summed E-state index contributed by atoms with van der Waals surface area (Å²) in [6, 6.07) is 0. The molecule has 0 amide bonds. The van der Waals surface area contributed by atoms with Crippen LogP contribution in [0.2, 0.25) is 0 Å². The van der Waals surface area contributed by atoms with Crippen LogP contribution in [0.15, 0.2) is 0 Å². The molecule has 0 aliphatic heterocycles. The molecular weight excluding hydrogens is 220 g/mol. The van der Waals surface area contributed by atoms with Gasteiger partial charge in [-0.15, -0.1) is 0 Å². The Bertz CT molecular complexity index is 329. The quantitative estimate of drug-likeness (QED) is 0.746. The van der Waals surface area contributed by atoms with E-state index in [1.165, 1.54) is 14.1 Å². The molecule has 0 aromatic carbocycles. The fourth-order valence-electron chi connectivity index (χ4n) is 0.985. The maximum Gasteiger partial charge on any atom is 0.318 e. The number of carbonyl (C=O) groups is 1. The summed E-state index contributed by atoms with van der Waals surface area (Å²) in [5.41, 5.74) is -0.762. The van der Waals surface area contributed by atoms with Gasteiger partial charge in [0, 0.05) is 19.6 Å². The standard InChI is InChI=1S/C8H18N2O4S/c1-8(2,3)10(6-7(11)12)15(13,14)9(4)5/h6H2,1-5H3,(H,11,12). The van der Waals surface area contributed by atoms with E-state index in [2.05, 4.69) is 0 Å². The highest BCUT2D eigenvalue weighted by atomic mass is 32.2. The molecule has 0 aromatic rings. The van der Waals surface area contributed by atoms with E-state index in [0.29, 0.717) is 0 Å². The molecule has 15 heavy (non-hydrogen) atoms. The summed E-state index contributed by atoms with van der Waals surface area (Å²) in [5, 5.41) is 8.67. The molecule has 0 unspecified atom stereocenters. The highest BCUT2D eigenvalue weighted by molar-refractivity contribution is 7.86. The number of aliphatic carboxylic acids is 1. The van der Waals surface area contributed by atoms with Gasteiger partial charge in [0.2, 0.25) is 0 Å². The number of carboxylic acid groups (broad SMARTS) is 1. The Hall–Kier alpha value is -0.660. The normalized spacial score (nSPS) is 13.5. The Labute approximate surface area is 90.7 Å². The number of nitrogens with zero attached hydrogens (tertiary/aromatic N) is 2. The van der Waals surface area contributed by atoms with Crippen molar-refractivity contribution in [2.24, 2.45) is 0 Å². The molecule has 0 saturated heterocycles. The Balaban J connectivity index is 5.23. The van der Waals surface area contributed by atoms with E-state index in [1.807, 2.05) is 0 Å². The number of carboxylic acids is 1. The zero-order valence-electron chi connectivity index (χ0n) is 9.68. The first kappa shape index (κ1) is 14.3. The molecule has 0 aliphatic carbocycles. The first-order valence-corrected chi connectivity index (χ1v) is 5.81.